The second-order valence-electron chi connectivity index (χ2n) is 10.7. The molecule has 4 heterocycles. The smallest absolute Gasteiger partial charge is 0.325 e. The number of benzene rings is 1. The minimum atomic E-state index is -0.253. The first kappa shape index (κ1) is 29.3. The molecule has 0 bridgehead atoms. The van der Waals surface area contributed by atoms with E-state index < -0.39 is 0 Å². The van der Waals surface area contributed by atoms with Crippen molar-refractivity contribution >= 4 is 46.9 Å². The summed E-state index contributed by atoms with van der Waals surface area (Å²) in [7, 11) is 0. The van der Waals surface area contributed by atoms with Crippen molar-refractivity contribution in [1.29, 1.82) is 0 Å². The number of hydrogen-bond acceptors (Lipinski definition) is 7. The van der Waals surface area contributed by atoms with Crippen LogP contribution in [0.1, 0.15) is 69.7 Å². The molecule has 2 fully saturated rings. The normalized spacial score (nSPS) is 17.5. The first-order valence-corrected chi connectivity index (χ1v) is 13.9. The van der Waals surface area contributed by atoms with Gasteiger partial charge in [-0.3, -0.25) is 4.98 Å². The van der Waals surface area contributed by atoms with Crippen LogP contribution in [0.2, 0.25) is 0 Å². The van der Waals surface area contributed by atoms with Crippen molar-refractivity contribution < 1.29 is 4.74 Å². The highest BCUT2D eigenvalue weighted by molar-refractivity contribution is 5.90. The standard InChI is InChI=1S/C27H36N8O2.2ClH/c36-27-29-24-17-20-16-22(9-10-23(20)28-26(24)30-27)37-15-5-8-25-31-32-33-35(25)21-11-13-34(14-12-21)18-19-6-3-1-2-4-7-19;;/h9-10,16-17,19,21H,1-8,11-15,18H2,(H2,28,29,30,36);2*1H. The van der Waals surface area contributed by atoms with E-state index in [0.717, 1.165) is 67.2 Å². The van der Waals surface area contributed by atoms with Crippen LogP contribution in [-0.2, 0) is 6.42 Å². The van der Waals surface area contributed by atoms with E-state index in [4.69, 9.17) is 4.74 Å². The van der Waals surface area contributed by atoms with Gasteiger partial charge in [-0.25, -0.2) is 14.5 Å². The molecule has 0 radical (unpaired) electrons. The Balaban J connectivity index is 0.00000176. The molecule has 12 heteroatoms. The van der Waals surface area contributed by atoms with Gasteiger partial charge < -0.3 is 14.6 Å². The molecule has 39 heavy (non-hydrogen) atoms. The monoisotopic (exact) mass is 576 g/mol. The van der Waals surface area contributed by atoms with Gasteiger partial charge in [0.2, 0.25) is 0 Å². The Morgan fingerprint density at radius 1 is 0.974 bits per heavy atom. The minimum Gasteiger partial charge on any atom is -0.494 e. The quantitative estimate of drug-likeness (QED) is 0.227. The molecule has 212 valence electrons. The molecule has 3 aromatic heterocycles. The highest BCUT2D eigenvalue weighted by Gasteiger charge is 2.25. The molecule has 1 aromatic carbocycles. The number of rotatable bonds is 8. The van der Waals surface area contributed by atoms with Crippen molar-refractivity contribution in [2.75, 3.05) is 26.2 Å². The summed E-state index contributed by atoms with van der Waals surface area (Å²) in [5, 5.41) is 13.6. The molecule has 0 spiro atoms. The van der Waals surface area contributed by atoms with Crippen molar-refractivity contribution in [2.24, 2.45) is 5.92 Å². The van der Waals surface area contributed by atoms with Crippen LogP contribution in [0.5, 0.6) is 5.75 Å². The summed E-state index contributed by atoms with van der Waals surface area (Å²) in [6.45, 7) is 4.13. The molecule has 10 nitrogen and oxygen atoms in total. The predicted molar refractivity (Wildman–Crippen MR) is 156 cm³/mol. The average Bonchev–Trinajstić information content (AvgIpc) is 3.43. The number of aryl methyl sites for hydroxylation is 1. The number of likely N-dealkylation sites (tertiary alicyclic amines) is 1. The van der Waals surface area contributed by atoms with Gasteiger partial charge in [0.25, 0.3) is 0 Å². The van der Waals surface area contributed by atoms with E-state index in [1.807, 2.05) is 24.3 Å². The number of pyridine rings is 1. The lowest BCUT2D eigenvalue weighted by Crippen LogP contribution is -2.38. The van der Waals surface area contributed by atoms with E-state index in [0.29, 0.717) is 23.8 Å². The predicted octanol–water partition coefficient (Wildman–Crippen LogP) is 4.85. The third-order valence-corrected chi connectivity index (χ3v) is 8.03. The minimum absolute atomic E-state index is 0. The molecule has 2 N–H and O–H groups in total. The summed E-state index contributed by atoms with van der Waals surface area (Å²) in [4.78, 5) is 24.1. The van der Waals surface area contributed by atoms with Crippen LogP contribution >= 0.6 is 24.8 Å². The number of fused-ring (bicyclic) bond motifs is 2. The Kier molecular flexibility index (Phi) is 10.2. The Morgan fingerprint density at radius 3 is 2.56 bits per heavy atom. The molecule has 1 aliphatic heterocycles. The molecule has 4 aromatic rings. The molecule has 2 aliphatic rings. The summed E-state index contributed by atoms with van der Waals surface area (Å²) in [6, 6.07) is 8.09. The van der Waals surface area contributed by atoms with Crippen molar-refractivity contribution in [2.45, 2.75) is 70.3 Å². The second kappa shape index (κ2) is 13.6. The van der Waals surface area contributed by atoms with E-state index in [1.165, 1.54) is 45.1 Å². The van der Waals surface area contributed by atoms with E-state index in [-0.39, 0.29) is 30.5 Å². The Hall–Kier alpha value is -2.69. The molecule has 0 atom stereocenters. The number of ether oxygens (including phenoxy) is 1. The third-order valence-electron chi connectivity index (χ3n) is 8.03. The molecule has 6 rings (SSSR count). The highest BCUT2D eigenvalue weighted by Crippen LogP contribution is 2.28. The van der Waals surface area contributed by atoms with Gasteiger partial charge in [-0.2, -0.15) is 0 Å². The number of nitrogens with one attached hydrogen (secondary N) is 2. The lowest BCUT2D eigenvalue weighted by atomic mass is 9.97. The number of imidazole rings is 1. The average molecular weight is 578 g/mol. The van der Waals surface area contributed by atoms with E-state index in [1.54, 1.807) is 0 Å². The fourth-order valence-corrected chi connectivity index (χ4v) is 6.03. The van der Waals surface area contributed by atoms with Gasteiger partial charge in [0.05, 0.1) is 23.7 Å². The van der Waals surface area contributed by atoms with E-state index >= 15 is 0 Å². The van der Waals surface area contributed by atoms with Crippen LogP contribution in [0, 0.1) is 5.92 Å². The zero-order chi connectivity index (χ0) is 25.0. The van der Waals surface area contributed by atoms with Gasteiger partial charge in [0, 0.05) is 31.4 Å². The van der Waals surface area contributed by atoms with Gasteiger partial charge in [-0.1, -0.05) is 25.7 Å². The number of aromatic nitrogens is 7. The molecular weight excluding hydrogens is 539 g/mol. The Labute approximate surface area is 240 Å². The lowest BCUT2D eigenvalue weighted by molar-refractivity contribution is 0.149. The van der Waals surface area contributed by atoms with Crippen molar-refractivity contribution in [3.63, 3.8) is 0 Å². The maximum atomic E-state index is 11.5. The Morgan fingerprint density at radius 2 is 1.77 bits per heavy atom. The molecule has 1 saturated carbocycles. The number of halogens is 2. The number of piperidine rings is 1. The molecule has 1 saturated heterocycles. The number of tetrazole rings is 1. The van der Waals surface area contributed by atoms with Crippen LogP contribution in [0.25, 0.3) is 22.1 Å². The highest BCUT2D eigenvalue weighted by atomic mass is 35.5. The zero-order valence-corrected chi connectivity index (χ0v) is 23.8. The molecule has 1 aliphatic carbocycles. The summed E-state index contributed by atoms with van der Waals surface area (Å²) in [6.07, 6.45) is 12.3. The fourth-order valence-electron chi connectivity index (χ4n) is 6.03. The molecular formula is C27H38Cl2N8O2. The SMILES string of the molecule is Cl.Cl.O=c1[nH]c2cc3cc(OCCCc4nnnn4C4CCN(CC5CCCCCC5)CC4)ccc3nc2[nH]1. The maximum Gasteiger partial charge on any atom is 0.325 e. The number of aromatic amines is 2. The fraction of sp³-hybridized carbons (Fsp3) is 0.593. The number of H-pyrrole nitrogens is 2. The summed E-state index contributed by atoms with van der Waals surface area (Å²) < 4.78 is 8.08. The second-order valence-corrected chi connectivity index (χ2v) is 10.7. The zero-order valence-electron chi connectivity index (χ0n) is 22.2. The van der Waals surface area contributed by atoms with Crippen molar-refractivity contribution in [3.05, 3.63) is 40.6 Å². The Bertz CT molecular complexity index is 1390. The largest absolute Gasteiger partial charge is 0.494 e. The number of nitrogens with zero attached hydrogens (tertiary/aromatic N) is 6. The van der Waals surface area contributed by atoms with Crippen LogP contribution in [-0.4, -0.2) is 66.3 Å². The van der Waals surface area contributed by atoms with Crippen LogP contribution < -0.4 is 10.4 Å². The topological polar surface area (TPSA) is 118 Å². The molecule has 0 unspecified atom stereocenters. The first-order chi connectivity index (χ1) is 18.2. The summed E-state index contributed by atoms with van der Waals surface area (Å²) >= 11 is 0. The van der Waals surface area contributed by atoms with Crippen LogP contribution in [0.4, 0.5) is 0 Å². The molecule has 0 amide bonds. The third kappa shape index (κ3) is 7.10. The van der Waals surface area contributed by atoms with Crippen LogP contribution in [0.15, 0.2) is 29.1 Å². The first-order valence-electron chi connectivity index (χ1n) is 13.9. The van der Waals surface area contributed by atoms with Crippen molar-refractivity contribution in [1.82, 2.24) is 40.1 Å². The van der Waals surface area contributed by atoms with E-state index in [9.17, 15) is 4.79 Å². The lowest BCUT2D eigenvalue weighted by Gasteiger charge is -2.34. The van der Waals surface area contributed by atoms with Crippen LogP contribution in [0.3, 0.4) is 0 Å². The maximum absolute atomic E-state index is 11.5. The number of hydrogen-bond donors (Lipinski definition) is 2. The van der Waals surface area contributed by atoms with Gasteiger partial charge in [-0.05, 0) is 72.7 Å². The van der Waals surface area contributed by atoms with Gasteiger partial charge in [-0.15, -0.1) is 29.9 Å². The summed E-state index contributed by atoms with van der Waals surface area (Å²) in [5.74, 6) is 2.62. The summed E-state index contributed by atoms with van der Waals surface area (Å²) in [5.41, 5.74) is 1.82. The van der Waals surface area contributed by atoms with Gasteiger partial charge >= 0.3 is 5.69 Å². The van der Waals surface area contributed by atoms with E-state index in [2.05, 4.69) is 40.1 Å². The van der Waals surface area contributed by atoms with Gasteiger partial charge in [0.15, 0.2) is 11.5 Å². The van der Waals surface area contributed by atoms with Gasteiger partial charge in [0.1, 0.15) is 5.75 Å². The van der Waals surface area contributed by atoms with Crippen molar-refractivity contribution in [3.8, 4) is 5.75 Å².